The molecule has 0 radical (unpaired) electrons. The summed E-state index contributed by atoms with van der Waals surface area (Å²) in [5, 5.41) is 0. The Hall–Kier alpha value is -1.14. The Morgan fingerprint density at radius 1 is 0.500 bits per heavy atom. The number of rotatable bonds is 23. The standard InChI is InChI=1S/C28H58N2O4/c1-7-9-11-13-15-17-19-23-33-27(31)25-29(3,4)21-22-30(5,6)26-28(32)34-24-20-18-16-14-12-10-8-2/h7-26H2,1-6H3/q+2. The summed E-state index contributed by atoms with van der Waals surface area (Å²) >= 11 is 0. The van der Waals surface area contributed by atoms with Gasteiger partial charge in [0.15, 0.2) is 13.1 Å². The van der Waals surface area contributed by atoms with Crippen molar-refractivity contribution in [2.45, 2.75) is 104 Å². The Labute approximate surface area is 211 Å². The average Bonchev–Trinajstić information content (AvgIpc) is 2.75. The SMILES string of the molecule is CCCCCCCCCOC(=O)C[N+](C)(C)CC[N+](C)(C)CC(=O)OCCCCCCCCC. The number of nitrogens with zero attached hydrogens (tertiary/aromatic N) is 2. The molecule has 0 aliphatic rings. The van der Waals surface area contributed by atoms with E-state index >= 15 is 0 Å². The van der Waals surface area contributed by atoms with Gasteiger partial charge in [0.2, 0.25) is 0 Å². The Morgan fingerprint density at radius 3 is 1.12 bits per heavy atom. The molecule has 0 N–H and O–H groups in total. The van der Waals surface area contributed by atoms with E-state index in [9.17, 15) is 9.59 Å². The van der Waals surface area contributed by atoms with Crippen LogP contribution in [-0.2, 0) is 19.1 Å². The summed E-state index contributed by atoms with van der Waals surface area (Å²) in [6, 6.07) is 0. The summed E-state index contributed by atoms with van der Waals surface area (Å²) in [6.45, 7) is 7.82. The van der Waals surface area contributed by atoms with Gasteiger partial charge in [-0.3, -0.25) is 0 Å². The highest BCUT2D eigenvalue weighted by Crippen LogP contribution is 2.09. The second-order valence-electron chi connectivity index (χ2n) is 11.3. The lowest BCUT2D eigenvalue weighted by molar-refractivity contribution is -0.939. The summed E-state index contributed by atoms with van der Waals surface area (Å²) in [5.74, 6) is -0.259. The number of esters is 2. The molecule has 0 heterocycles. The number of ether oxygens (including phenoxy) is 2. The minimum absolute atomic E-state index is 0.129. The minimum atomic E-state index is -0.129. The topological polar surface area (TPSA) is 52.6 Å². The van der Waals surface area contributed by atoms with E-state index in [1.807, 2.05) is 28.2 Å². The lowest BCUT2D eigenvalue weighted by atomic mass is 10.1. The molecule has 0 fully saturated rings. The molecule has 0 rings (SSSR count). The van der Waals surface area contributed by atoms with E-state index in [-0.39, 0.29) is 11.9 Å². The van der Waals surface area contributed by atoms with Gasteiger partial charge in [-0.1, -0.05) is 90.9 Å². The third-order valence-electron chi connectivity index (χ3n) is 6.45. The summed E-state index contributed by atoms with van der Waals surface area (Å²) < 4.78 is 12.0. The molecule has 0 spiro atoms. The first-order chi connectivity index (χ1) is 16.1. The van der Waals surface area contributed by atoms with Crippen molar-refractivity contribution in [2.24, 2.45) is 0 Å². The molecule has 0 unspecified atom stereocenters. The highest BCUT2D eigenvalue weighted by atomic mass is 16.5. The van der Waals surface area contributed by atoms with Crippen LogP contribution in [0, 0.1) is 0 Å². The molecule has 0 aromatic heterocycles. The molecule has 0 atom stereocenters. The van der Waals surface area contributed by atoms with Crippen LogP contribution in [0.5, 0.6) is 0 Å². The highest BCUT2D eigenvalue weighted by Gasteiger charge is 2.28. The number of likely N-dealkylation sites (N-methyl/N-ethyl adjacent to an activating group) is 2. The minimum Gasteiger partial charge on any atom is -0.462 e. The van der Waals surface area contributed by atoms with Crippen LogP contribution in [-0.4, -0.2) is 88.5 Å². The summed E-state index contributed by atoms with van der Waals surface area (Å²) in [5.41, 5.74) is 0. The fourth-order valence-electron chi connectivity index (χ4n) is 3.98. The van der Waals surface area contributed by atoms with Gasteiger partial charge in [0, 0.05) is 0 Å². The second kappa shape index (κ2) is 20.1. The van der Waals surface area contributed by atoms with E-state index in [1.54, 1.807) is 0 Å². The molecule has 6 nitrogen and oxygen atoms in total. The Balaban J connectivity index is 3.96. The van der Waals surface area contributed by atoms with Crippen LogP contribution in [0.1, 0.15) is 104 Å². The van der Waals surface area contributed by atoms with E-state index in [2.05, 4.69) is 13.8 Å². The lowest BCUT2D eigenvalue weighted by Gasteiger charge is -2.34. The molecular formula is C28H58N2O4+2. The molecule has 0 aromatic carbocycles. The molecule has 0 amide bonds. The largest absolute Gasteiger partial charge is 0.462 e. The zero-order valence-corrected chi connectivity index (χ0v) is 23.7. The maximum atomic E-state index is 12.3. The molecular weight excluding hydrogens is 428 g/mol. The van der Waals surface area contributed by atoms with Crippen molar-refractivity contribution in [1.29, 1.82) is 0 Å². The number of carbonyl (C=O) groups excluding carboxylic acids is 2. The number of hydrogen-bond donors (Lipinski definition) is 0. The maximum absolute atomic E-state index is 12.3. The van der Waals surface area contributed by atoms with Gasteiger partial charge in [-0.25, -0.2) is 9.59 Å². The molecule has 202 valence electrons. The van der Waals surface area contributed by atoms with Crippen molar-refractivity contribution in [3.63, 3.8) is 0 Å². The van der Waals surface area contributed by atoms with Crippen LogP contribution in [0.15, 0.2) is 0 Å². The number of hydrogen-bond acceptors (Lipinski definition) is 4. The molecule has 34 heavy (non-hydrogen) atoms. The Bertz CT molecular complexity index is 475. The van der Waals surface area contributed by atoms with Gasteiger partial charge in [0.1, 0.15) is 13.1 Å². The third-order valence-corrected chi connectivity index (χ3v) is 6.45. The van der Waals surface area contributed by atoms with Gasteiger partial charge >= 0.3 is 11.9 Å². The fraction of sp³-hybridized carbons (Fsp3) is 0.929. The zero-order valence-electron chi connectivity index (χ0n) is 23.7. The molecule has 0 aliphatic carbocycles. The first kappa shape index (κ1) is 32.9. The number of unbranched alkanes of at least 4 members (excludes halogenated alkanes) is 12. The molecule has 0 bridgehead atoms. The van der Waals surface area contributed by atoms with Crippen molar-refractivity contribution < 1.29 is 28.0 Å². The average molecular weight is 487 g/mol. The number of quaternary nitrogens is 2. The van der Waals surface area contributed by atoms with Gasteiger partial charge in [0.05, 0.1) is 41.4 Å². The monoisotopic (exact) mass is 486 g/mol. The van der Waals surface area contributed by atoms with Crippen molar-refractivity contribution in [3.05, 3.63) is 0 Å². The summed E-state index contributed by atoms with van der Waals surface area (Å²) in [7, 11) is 8.20. The second-order valence-corrected chi connectivity index (χ2v) is 11.3. The molecule has 0 saturated carbocycles. The molecule has 0 saturated heterocycles. The first-order valence-corrected chi connectivity index (χ1v) is 14.1. The van der Waals surface area contributed by atoms with Crippen LogP contribution in [0.2, 0.25) is 0 Å². The first-order valence-electron chi connectivity index (χ1n) is 14.1. The van der Waals surface area contributed by atoms with Crippen LogP contribution in [0.3, 0.4) is 0 Å². The van der Waals surface area contributed by atoms with Crippen LogP contribution in [0.4, 0.5) is 0 Å². The number of carbonyl (C=O) groups is 2. The van der Waals surface area contributed by atoms with E-state index in [4.69, 9.17) is 9.47 Å². The molecule has 6 heteroatoms. The summed E-state index contributed by atoms with van der Waals surface area (Å²) in [6.07, 6.45) is 17.0. The Kier molecular flexibility index (Phi) is 19.4. The van der Waals surface area contributed by atoms with Crippen molar-refractivity contribution in [2.75, 3.05) is 67.6 Å². The van der Waals surface area contributed by atoms with Crippen molar-refractivity contribution in [3.8, 4) is 0 Å². The van der Waals surface area contributed by atoms with Crippen molar-refractivity contribution in [1.82, 2.24) is 0 Å². The molecule has 0 aliphatic heterocycles. The van der Waals surface area contributed by atoms with E-state index < -0.39 is 0 Å². The smallest absolute Gasteiger partial charge is 0.361 e. The lowest BCUT2D eigenvalue weighted by Crippen LogP contribution is -2.54. The van der Waals surface area contributed by atoms with Crippen molar-refractivity contribution >= 4 is 11.9 Å². The van der Waals surface area contributed by atoms with Gasteiger partial charge in [0.25, 0.3) is 0 Å². The molecule has 0 aromatic rings. The predicted molar refractivity (Wildman–Crippen MR) is 142 cm³/mol. The third kappa shape index (κ3) is 21.4. The van der Waals surface area contributed by atoms with Crippen LogP contribution >= 0.6 is 0 Å². The maximum Gasteiger partial charge on any atom is 0.361 e. The van der Waals surface area contributed by atoms with E-state index in [0.717, 1.165) is 38.8 Å². The normalized spacial score (nSPS) is 12.1. The predicted octanol–water partition coefficient (Wildman–Crippen LogP) is 5.73. The quantitative estimate of drug-likeness (QED) is 0.105. The van der Waals surface area contributed by atoms with Gasteiger partial charge < -0.3 is 18.4 Å². The van der Waals surface area contributed by atoms with Gasteiger partial charge in [-0.05, 0) is 12.8 Å². The summed E-state index contributed by atoms with van der Waals surface area (Å²) in [4.78, 5) is 24.5. The van der Waals surface area contributed by atoms with Crippen LogP contribution in [0.25, 0.3) is 0 Å². The van der Waals surface area contributed by atoms with Gasteiger partial charge in [-0.15, -0.1) is 0 Å². The van der Waals surface area contributed by atoms with E-state index in [1.165, 1.54) is 64.2 Å². The fourth-order valence-corrected chi connectivity index (χ4v) is 3.98. The van der Waals surface area contributed by atoms with Gasteiger partial charge in [-0.2, -0.15) is 0 Å². The van der Waals surface area contributed by atoms with Crippen LogP contribution < -0.4 is 0 Å². The highest BCUT2D eigenvalue weighted by molar-refractivity contribution is 5.70. The Morgan fingerprint density at radius 2 is 0.794 bits per heavy atom. The zero-order chi connectivity index (χ0) is 25.7. The van der Waals surface area contributed by atoms with E-state index in [0.29, 0.717) is 35.3 Å².